The van der Waals surface area contributed by atoms with E-state index in [-0.39, 0.29) is 12.0 Å². The molecule has 0 saturated carbocycles. The van der Waals surface area contributed by atoms with Gasteiger partial charge in [-0.2, -0.15) is 0 Å². The van der Waals surface area contributed by atoms with Gasteiger partial charge in [0, 0.05) is 25.3 Å². The van der Waals surface area contributed by atoms with Crippen LogP contribution in [-0.4, -0.2) is 41.7 Å². The van der Waals surface area contributed by atoms with Crippen molar-refractivity contribution in [3.63, 3.8) is 0 Å². The first-order chi connectivity index (χ1) is 8.47. The van der Waals surface area contributed by atoms with Crippen molar-refractivity contribution in [1.29, 1.82) is 0 Å². The predicted molar refractivity (Wildman–Crippen MR) is 71.3 cm³/mol. The quantitative estimate of drug-likeness (QED) is 0.845. The van der Waals surface area contributed by atoms with E-state index in [0.717, 1.165) is 5.69 Å². The number of rotatable bonds is 4. The summed E-state index contributed by atoms with van der Waals surface area (Å²) in [6.45, 7) is 5.86. The van der Waals surface area contributed by atoms with Crippen LogP contribution in [0.25, 0.3) is 0 Å². The smallest absolute Gasteiger partial charge is 0.231 e. The van der Waals surface area contributed by atoms with E-state index < -0.39 is 5.41 Å². The maximum atomic E-state index is 12.2. The lowest BCUT2D eigenvalue weighted by Crippen LogP contribution is -2.55. The van der Waals surface area contributed by atoms with Crippen LogP contribution in [-0.2, 0) is 4.79 Å². The Morgan fingerprint density at radius 1 is 1.39 bits per heavy atom. The van der Waals surface area contributed by atoms with Crippen molar-refractivity contribution in [2.24, 2.45) is 5.41 Å². The maximum Gasteiger partial charge on any atom is 0.231 e. The topological polar surface area (TPSA) is 52.6 Å². The van der Waals surface area contributed by atoms with Gasteiger partial charge in [0.15, 0.2) is 0 Å². The van der Waals surface area contributed by atoms with E-state index in [1.807, 2.05) is 44.2 Å². The lowest BCUT2D eigenvalue weighted by molar-refractivity contribution is -0.126. The number of para-hydroxylation sites is 1. The molecule has 98 valence electrons. The van der Waals surface area contributed by atoms with Gasteiger partial charge in [-0.3, -0.25) is 9.69 Å². The minimum atomic E-state index is -0.462. The number of hydrogen-bond acceptors (Lipinski definition) is 3. The van der Waals surface area contributed by atoms with Crippen LogP contribution in [0, 0.1) is 5.41 Å². The molecule has 0 spiro atoms. The standard InChI is InChI=1S/C14H20N2O2/c1-14(2,10-16-8-12(17)9-16)13(18)15-11-6-4-3-5-7-11/h3-7,12,17H,8-10H2,1-2H3,(H,15,18). The second-order valence-electron chi connectivity index (χ2n) is 5.55. The Bertz CT molecular complexity index is 411. The third kappa shape index (κ3) is 3.09. The van der Waals surface area contributed by atoms with Crippen LogP contribution in [0.5, 0.6) is 0 Å². The molecule has 4 nitrogen and oxygen atoms in total. The van der Waals surface area contributed by atoms with Gasteiger partial charge >= 0.3 is 0 Å². The van der Waals surface area contributed by atoms with Gasteiger partial charge in [0.2, 0.25) is 5.91 Å². The van der Waals surface area contributed by atoms with Crippen molar-refractivity contribution >= 4 is 11.6 Å². The molecular formula is C14H20N2O2. The van der Waals surface area contributed by atoms with Crippen LogP contribution >= 0.6 is 0 Å². The van der Waals surface area contributed by atoms with Crippen molar-refractivity contribution in [3.8, 4) is 0 Å². The second kappa shape index (κ2) is 5.08. The van der Waals surface area contributed by atoms with Crippen LogP contribution in [0.15, 0.2) is 30.3 Å². The number of amides is 1. The van der Waals surface area contributed by atoms with Gasteiger partial charge in [-0.25, -0.2) is 0 Å². The number of aliphatic hydroxyl groups is 1. The molecule has 1 fully saturated rings. The predicted octanol–water partition coefficient (Wildman–Crippen LogP) is 1.33. The van der Waals surface area contributed by atoms with Crippen LogP contribution in [0.2, 0.25) is 0 Å². The molecule has 0 aliphatic carbocycles. The zero-order chi connectivity index (χ0) is 13.2. The third-order valence-corrected chi connectivity index (χ3v) is 3.20. The van der Waals surface area contributed by atoms with E-state index in [1.54, 1.807) is 0 Å². The van der Waals surface area contributed by atoms with Gasteiger partial charge in [-0.15, -0.1) is 0 Å². The molecule has 1 saturated heterocycles. The van der Waals surface area contributed by atoms with Crippen LogP contribution in [0.1, 0.15) is 13.8 Å². The Morgan fingerprint density at radius 3 is 2.56 bits per heavy atom. The summed E-state index contributed by atoms with van der Waals surface area (Å²) in [7, 11) is 0. The minimum absolute atomic E-state index is 0.00934. The summed E-state index contributed by atoms with van der Waals surface area (Å²) in [5.74, 6) is 0.00934. The number of hydrogen-bond donors (Lipinski definition) is 2. The molecule has 1 aromatic carbocycles. The molecule has 2 N–H and O–H groups in total. The molecule has 0 atom stereocenters. The highest BCUT2D eigenvalue weighted by Gasteiger charge is 2.34. The first-order valence-corrected chi connectivity index (χ1v) is 6.24. The summed E-state index contributed by atoms with van der Waals surface area (Å²) in [4.78, 5) is 14.3. The van der Waals surface area contributed by atoms with E-state index in [2.05, 4.69) is 10.2 Å². The van der Waals surface area contributed by atoms with Crippen molar-refractivity contribution in [3.05, 3.63) is 30.3 Å². The molecule has 1 aromatic rings. The Morgan fingerprint density at radius 2 is 2.00 bits per heavy atom. The number of carbonyl (C=O) groups is 1. The van der Waals surface area contributed by atoms with Crippen molar-refractivity contribution in [1.82, 2.24) is 4.90 Å². The highest BCUT2D eigenvalue weighted by molar-refractivity contribution is 5.94. The lowest BCUT2D eigenvalue weighted by atomic mass is 9.90. The SMILES string of the molecule is CC(C)(CN1CC(O)C1)C(=O)Nc1ccccc1. The number of aliphatic hydroxyl groups excluding tert-OH is 1. The average molecular weight is 248 g/mol. The second-order valence-corrected chi connectivity index (χ2v) is 5.55. The zero-order valence-electron chi connectivity index (χ0n) is 10.9. The molecule has 2 rings (SSSR count). The summed E-state index contributed by atoms with van der Waals surface area (Å²) in [6, 6.07) is 9.47. The molecule has 0 aromatic heterocycles. The van der Waals surface area contributed by atoms with Gasteiger partial charge < -0.3 is 10.4 Å². The average Bonchev–Trinajstić information content (AvgIpc) is 2.28. The number of likely N-dealkylation sites (tertiary alicyclic amines) is 1. The summed E-state index contributed by atoms with van der Waals surface area (Å²) in [5.41, 5.74) is 0.356. The zero-order valence-corrected chi connectivity index (χ0v) is 10.9. The molecule has 1 heterocycles. The van der Waals surface area contributed by atoms with Crippen molar-refractivity contribution in [2.45, 2.75) is 20.0 Å². The number of β-amino-alcohol motifs (C(OH)–C–C–N with tert-alkyl or cyclic N) is 1. The molecule has 0 radical (unpaired) electrons. The highest BCUT2D eigenvalue weighted by Crippen LogP contribution is 2.23. The summed E-state index contributed by atoms with van der Waals surface area (Å²) in [6.07, 6.45) is -0.224. The van der Waals surface area contributed by atoms with Crippen LogP contribution in [0.4, 0.5) is 5.69 Å². The van der Waals surface area contributed by atoms with E-state index in [0.29, 0.717) is 19.6 Å². The number of nitrogens with zero attached hydrogens (tertiary/aromatic N) is 1. The van der Waals surface area contributed by atoms with Gasteiger partial charge in [-0.1, -0.05) is 18.2 Å². The fourth-order valence-electron chi connectivity index (χ4n) is 2.12. The first kappa shape index (κ1) is 13.1. The molecule has 0 bridgehead atoms. The van der Waals surface area contributed by atoms with Gasteiger partial charge in [0.05, 0.1) is 11.5 Å². The van der Waals surface area contributed by atoms with Gasteiger partial charge in [-0.05, 0) is 26.0 Å². The minimum Gasteiger partial charge on any atom is -0.390 e. The highest BCUT2D eigenvalue weighted by atomic mass is 16.3. The molecule has 4 heteroatoms. The number of nitrogens with one attached hydrogen (secondary N) is 1. The number of anilines is 1. The molecule has 1 aliphatic heterocycles. The lowest BCUT2D eigenvalue weighted by Gasteiger charge is -2.40. The van der Waals surface area contributed by atoms with Crippen LogP contribution < -0.4 is 5.32 Å². The summed E-state index contributed by atoms with van der Waals surface area (Å²) < 4.78 is 0. The monoisotopic (exact) mass is 248 g/mol. The third-order valence-electron chi connectivity index (χ3n) is 3.20. The molecule has 0 unspecified atom stereocenters. The molecule has 1 amide bonds. The summed E-state index contributed by atoms with van der Waals surface area (Å²) in [5, 5.41) is 12.2. The Balaban J connectivity index is 1.90. The molecular weight excluding hydrogens is 228 g/mol. The van der Waals surface area contributed by atoms with Gasteiger partial charge in [0.25, 0.3) is 0 Å². The number of carbonyl (C=O) groups excluding carboxylic acids is 1. The maximum absolute atomic E-state index is 12.2. The van der Waals surface area contributed by atoms with E-state index in [4.69, 9.17) is 0 Å². The van der Waals surface area contributed by atoms with E-state index in [9.17, 15) is 9.90 Å². The van der Waals surface area contributed by atoms with Crippen molar-refractivity contribution in [2.75, 3.05) is 25.0 Å². The Labute approximate surface area is 108 Å². The largest absolute Gasteiger partial charge is 0.390 e. The molecule has 1 aliphatic rings. The van der Waals surface area contributed by atoms with Gasteiger partial charge in [0.1, 0.15) is 0 Å². The fraction of sp³-hybridized carbons (Fsp3) is 0.500. The Hall–Kier alpha value is -1.39. The fourth-order valence-corrected chi connectivity index (χ4v) is 2.12. The normalized spacial score (nSPS) is 17.3. The van der Waals surface area contributed by atoms with Crippen molar-refractivity contribution < 1.29 is 9.90 Å². The molecule has 18 heavy (non-hydrogen) atoms. The number of benzene rings is 1. The van der Waals surface area contributed by atoms with E-state index >= 15 is 0 Å². The summed E-state index contributed by atoms with van der Waals surface area (Å²) >= 11 is 0. The van der Waals surface area contributed by atoms with E-state index in [1.165, 1.54) is 0 Å². The first-order valence-electron chi connectivity index (χ1n) is 6.24. The van der Waals surface area contributed by atoms with Crippen LogP contribution in [0.3, 0.4) is 0 Å². The Kier molecular flexibility index (Phi) is 3.68.